The third kappa shape index (κ3) is 3.24. The van der Waals surface area contributed by atoms with E-state index in [1.807, 2.05) is 77.4 Å². The largest absolute Gasteiger partial charge is 0.416 e. The fraction of sp³-hybridized carbons (Fsp3) is 0.106. The average molecular weight is 743 g/mol. The molecule has 4 aliphatic rings. The molecule has 9 aromatic rings. The lowest BCUT2D eigenvalue weighted by atomic mass is 9.33. The number of rotatable bonds is 0. The van der Waals surface area contributed by atoms with Crippen molar-refractivity contribution in [1.82, 2.24) is 9.13 Å². The predicted molar refractivity (Wildman–Crippen MR) is 210 cm³/mol. The van der Waals surface area contributed by atoms with Gasteiger partial charge in [-0.1, -0.05) is 84.9 Å². The molecular weight excluding hydrogens is 717 g/mol. The Bertz CT molecular complexity index is 3330. The van der Waals surface area contributed by atoms with Gasteiger partial charge in [-0.15, -0.1) is 0 Å². The molecule has 5 heterocycles. The summed E-state index contributed by atoms with van der Waals surface area (Å²) in [6.45, 7) is 3.53. The minimum absolute atomic E-state index is 0.162. The molecule has 2 nitrogen and oxygen atoms in total. The van der Waals surface area contributed by atoms with E-state index in [1.165, 1.54) is 12.1 Å². The zero-order valence-corrected chi connectivity index (χ0v) is 29.7. The standard InChI is InChI=1S/C47H25BF6N2/c1-22-23(2)55-38-16-15-35-44-40(38)48(39-27-10-4-3-9-24(27)17-30(22)43(39)55)37-21-26(47(52,53)54)19-32-31-18-25(46(49,50)51)20-36(41(31)56(44)42(32)37)45(35)33-13-7-5-11-28(33)29-12-6-8-14-34(29)45/h3-21H,1-2H3. The van der Waals surface area contributed by atoms with Gasteiger partial charge in [0.15, 0.2) is 0 Å². The molecule has 0 fully saturated rings. The second-order valence-electron chi connectivity index (χ2n) is 15.8. The van der Waals surface area contributed by atoms with Crippen LogP contribution in [0.4, 0.5) is 26.3 Å². The van der Waals surface area contributed by atoms with Crippen LogP contribution < -0.4 is 16.4 Å². The fourth-order valence-corrected chi connectivity index (χ4v) is 11.4. The van der Waals surface area contributed by atoms with Gasteiger partial charge in [-0.05, 0) is 110 Å². The molecule has 1 aliphatic carbocycles. The highest BCUT2D eigenvalue weighted by molar-refractivity contribution is 7.01. The van der Waals surface area contributed by atoms with Gasteiger partial charge in [-0.25, -0.2) is 0 Å². The third-order valence-corrected chi connectivity index (χ3v) is 13.5. The van der Waals surface area contributed by atoms with Crippen molar-refractivity contribution in [3.05, 3.63) is 160 Å². The first-order valence-electron chi connectivity index (χ1n) is 18.6. The second kappa shape index (κ2) is 9.41. The number of hydrogen-bond acceptors (Lipinski definition) is 0. The van der Waals surface area contributed by atoms with E-state index in [9.17, 15) is 0 Å². The van der Waals surface area contributed by atoms with Crippen LogP contribution in [0, 0.1) is 13.8 Å². The Morgan fingerprint density at radius 3 is 1.84 bits per heavy atom. The fourth-order valence-electron chi connectivity index (χ4n) is 11.4. The molecular formula is C47H25BF6N2. The first-order chi connectivity index (χ1) is 26.9. The lowest BCUT2D eigenvalue weighted by molar-refractivity contribution is -0.138. The Morgan fingerprint density at radius 1 is 0.518 bits per heavy atom. The zero-order chi connectivity index (χ0) is 37.9. The highest BCUT2D eigenvalue weighted by atomic mass is 19.4. The Kier molecular flexibility index (Phi) is 5.22. The van der Waals surface area contributed by atoms with Crippen molar-refractivity contribution in [2.45, 2.75) is 31.6 Å². The summed E-state index contributed by atoms with van der Waals surface area (Å²) in [7, 11) is 0. The van der Waals surface area contributed by atoms with Crippen LogP contribution in [0.1, 0.15) is 44.6 Å². The minimum atomic E-state index is -4.77. The number of nitrogens with zero attached hydrogens (tertiary/aromatic N) is 2. The average Bonchev–Trinajstić information content (AvgIpc) is 3.77. The van der Waals surface area contributed by atoms with Crippen molar-refractivity contribution < 1.29 is 26.3 Å². The molecule has 0 unspecified atom stereocenters. The summed E-state index contributed by atoms with van der Waals surface area (Å²) in [6, 6.07) is 34.8. The summed E-state index contributed by atoms with van der Waals surface area (Å²) < 4.78 is 95.5. The van der Waals surface area contributed by atoms with Crippen LogP contribution in [-0.4, -0.2) is 15.8 Å². The lowest BCUT2D eigenvalue weighted by Crippen LogP contribution is -2.61. The van der Waals surface area contributed by atoms with Crippen molar-refractivity contribution in [3.63, 3.8) is 0 Å². The second-order valence-corrected chi connectivity index (χ2v) is 15.8. The lowest BCUT2D eigenvalue weighted by Gasteiger charge is -2.44. The summed E-state index contributed by atoms with van der Waals surface area (Å²) in [5.74, 6) is 0. The molecule has 3 aliphatic heterocycles. The maximum atomic E-state index is 15.2. The van der Waals surface area contributed by atoms with Gasteiger partial charge in [0.1, 0.15) is 0 Å². The topological polar surface area (TPSA) is 9.86 Å². The van der Waals surface area contributed by atoms with Crippen LogP contribution in [0.3, 0.4) is 0 Å². The van der Waals surface area contributed by atoms with E-state index in [-0.39, 0.29) is 10.8 Å². The SMILES string of the molecule is Cc1c(C)n2c3c(c4ccccc4cc13)B1c3c-2ccc2c3-n3c4c1cc(C(F)(F)F)cc4c1cc(C(F)(F)F)cc(c13)C21c2ccccc2-c2ccccc21. The molecule has 1 spiro atoms. The van der Waals surface area contributed by atoms with Crippen LogP contribution in [0.25, 0.3) is 66.0 Å². The van der Waals surface area contributed by atoms with Gasteiger partial charge in [0.25, 0.3) is 6.71 Å². The van der Waals surface area contributed by atoms with E-state index in [4.69, 9.17) is 0 Å². The molecule has 13 rings (SSSR count). The van der Waals surface area contributed by atoms with Gasteiger partial charge in [0.2, 0.25) is 0 Å². The molecule has 0 radical (unpaired) electrons. The Morgan fingerprint density at radius 2 is 1.14 bits per heavy atom. The smallest absolute Gasteiger partial charge is 0.315 e. The number of aryl methyl sites for hydroxylation is 1. The molecule has 2 aromatic heterocycles. The molecule has 0 saturated carbocycles. The number of fused-ring (bicyclic) bond motifs is 13. The summed E-state index contributed by atoms with van der Waals surface area (Å²) in [5.41, 5.74) is 9.83. The van der Waals surface area contributed by atoms with E-state index in [0.29, 0.717) is 22.1 Å². The molecule has 9 heteroatoms. The number of halogens is 6. The molecule has 0 amide bonds. The normalized spacial score (nSPS) is 15.2. The molecule has 0 saturated heterocycles. The highest BCUT2D eigenvalue weighted by Gasteiger charge is 2.55. The van der Waals surface area contributed by atoms with Crippen LogP contribution >= 0.6 is 0 Å². The maximum Gasteiger partial charge on any atom is 0.416 e. The minimum Gasteiger partial charge on any atom is -0.315 e. The summed E-state index contributed by atoms with van der Waals surface area (Å²) >= 11 is 0. The molecule has 0 atom stereocenters. The van der Waals surface area contributed by atoms with E-state index < -0.39 is 35.6 Å². The predicted octanol–water partition coefficient (Wildman–Crippen LogP) is 10.4. The van der Waals surface area contributed by atoms with E-state index >= 15 is 26.3 Å². The van der Waals surface area contributed by atoms with Crippen molar-refractivity contribution in [2.24, 2.45) is 0 Å². The monoisotopic (exact) mass is 742 g/mol. The van der Waals surface area contributed by atoms with Gasteiger partial charge in [0, 0.05) is 44.3 Å². The van der Waals surface area contributed by atoms with Gasteiger partial charge < -0.3 is 9.13 Å². The zero-order valence-electron chi connectivity index (χ0n) is 29.7. The summed E-state index contributed by atoms with van der Waals surface area (Å²) in [6.07, 6.45) is -9.52. The highest BCUT2D eigenvalue weighted by Crippen LogP contribution is 2.62. The quantitative estimate of drug-likeness (QED) is 0.108. The van der Waals surface area contributed by atoms with Gasteiger partial charge in [-0.2, -0.15) is 26.3 Å². The molecule has 268 valence electrons. The van der Waals surface area contributed by atoms with Crippen molar-refractivity contribution in [1.29, 1.82) is 0 Å². The van der Waals surface area contributed by atoms with Gasteiger partial charge >= 0.3 is 12.4 Å². The number of benzene rings is 7. The summed E-state index contributed by atoms with van der Waals surface area (Å²) in [4.78, 5) is 0. The van der Waals surface area contributed by atoms with Crippen LogP contribution in [0.15, 0.2) is 115 Å². The van der Waals surface area contributed by atoms with E-state index in [2.05, 4.69) is 36.6 Å². The number of alkyl halides is 6. The van der Waals surface area contributed by atoms with Crippen molar-refractivity contribution in [2.75, 3.05) is 0 Å². The molecule has 7 aromatic carbocycles. The Hall–Kier alpha value is -6.22. The molecule has 0 bridgehead atoms. The maximum absolute atomic E-state index is 15.2. The first-order valence-corrected chi connectivity index (χ1v) is 18.6. The van der Waals surface area contributed by atoms with Gasteiger partial charge in [-0.3, -0.25) is 0 Å². The first kappa shape index (κ1) is 31.0. The number of aromatic nitrogens is 2. The van der Waals surface area contributed by atoms with Crippen LogP contribution in [0.2, 0.25) is 0 Å². The van der Waals surface area contributed by atoms with E-state index in [1.54, 1.807) is 0 Å². The van der Waals surface area contributed by atoms with Gasteiger partial charge in [0.05, 0.1) is 22.1 Å². The third-order valence-electron chi connectivity index (χ3n) is 13.5. The number of hydrogen-bond donors (Lipinski definition) is 0. The molecule has 56 heavy (non-hydrogen) atoms. The van der Waals surface area contributed by atoms with E-state index in [0.717, 1.165) is 95.2 Å². The van der Waals surface area contributed by atoms with Crippen LogP contribution in [-0.2, 0) is 17.8 Å². The summed E-state index contributed by atoms with van der Waals surface area (Å²) in [5, 5.41) is 3.27. The van der Waals surface area contributed by atoms with Crippen LogP contribution in [0.5, 0.6) is 0 Å². The van der Waals surface area contributed by atoms with Crippen molar-refractivity contribution in [3.8, 4) is 22.5 Å². The molecule has 0 N–H and O–H groups in total. The Balaban J connectivity index is 1.36. The Labute approximate surface area is 315 Å². The van der Waals surface area contributed by atoms with Crippen molar-refractivity contribution >= 4 is 66.6 Å².